The highest BCUT2D eigenvalue weighted by Gasteiger charge is 2.15. The number of imidazole rings is 1. The predicted octanol–water partition coefficient (Wildman–Crippen LogP) is 3.68. The average molecular weight is 359 g/mol. The fourth-order valence-electron chi connectivity index (χ4n) is 2.62. The Morgan fingerprint density at radius 3 is 2.48 bits per heavy atom. The van der Waals surface area contributed by atoms with Crippen molar-refractivity contribution in [2.75, 3.05) is 0 Å². The molecule has 0 aliphatic heterocycles. The van der Waals surface area contributed by atoms with Crippen LogP contribution in [0.4, 0.5) is 0 Å². The molecule has 2 N–H and O–H groups in total. The van der Waals surface area contributed by atoms with Gasteiger partial charge in [0.05, 0.1) is 11.0 Å². The van der Waals surface area contributed by atoms with Crippen molar-refractivity contribution in [3.8, 4) is 11.6 Å². The van der Waals surface area contributed by atoms with Gasteiger partial charge in [0.25, 0.3) is 0 Å². The van der Waals surface area contributed by atoms with Crippen LogP contribution in [-0.2, 0) is 0 Å². The fraction of sp³-hybridized carbons (Fsp3) is 0. The van der Waals surface area contributed by atoms with Crippen LogP contribution in [0, 0.1) is 0 Å². The van der Waals surface area contributed by atoms with Crippen molar-refractivity contribution in [2.24, 2.45) is 0 Å². The number of H-pyrrole nitrogens is 1. The largest absolute Gasteiger partial charge is 0.477 e. The van der Waals surface area contributed by atoms with Crippen LogP contribution in [0.5, 0.6) is 11.6 Å². The number of nitrogens with zero attached hydrogens (tertiary/aromatic N) is 2. The second kappa shape index (κ2) is 6.72. The summed E-state index contributed by atoms with van der Waals surface area (Å²) in [5.41, 5.74) is 1.90. The summed E-state index contributed by atoms with van der Waals surface area (Å²) < 4.78 is 5.53. The van der Waals surface area contributed by atoms with Crippen LogP contribution in [0.15, 0.2) is 66.9 Å². The first-order chi connectivity index (χ1) is 13.1. The van der Waals surface area contributed by atoms with E-state index in [1.165, 1.54) is 18.3 Å². The highest BCUT2D eigenvalue weighted by atomic mass is 16.5. The third-order valence-electron chi connectivity index (χ3n) is 3.94. The molecule has 0 spiro atoms. The van der Waals surface area contributed by atoms with Gasteiger partial charge in [-0.25, -0.2) is 14.8 Å². The van der Waals surface area contributed by atoms with Gasteiger partial charge in [0.1, 0.15) is 11.3 Å². The number of nitrogens with one attached hydrogen (secondary N) is 1. The maximum absolute atomic E-state index is 12.6. The van der Waals surface area contributed by atoms with Crippen molar-refractivity contribution in [1.29, 1.82) is 0 Å². The van der Waals surface area contributed by atoms with Crippen LogP contribution < -0.4 is 4.74 Å². The second-order valence-corrected chi connectivity index (χ2v) is 5.72. The Bertz CT molecular complexity index is 1120. The zero-order valence-corrected chi connectivity index (χ0v) is 13.9. The number of aromatic nitrogens is 3. The highest BCUT2D eigenvalue weighted by molar-refractivity contribution is 6.08. The molecule has 27 heavy (non-hydrogen) atoms. The van der Waals surface area contributed by atoms with E-state index in [0.29, 0.717) is 11.3 Å². The van der Waals surface area contributed by atoms with E-state index in [9.17, 15) is 14.7 Å². The summed E-state index contributed by atoms with van der Waals surface area (Å²) in [4.78, 5) is 35.1. The number of pyridine rings is 1. The number of benzene rings is 2. The van der Waals surface area contributed by atoms with Gasteiger partial charge in [-0.1, -0.05) is 12.1 Å². The number of rotatable bonds is 5. The number of aromatic carboxylic acids is 1. The Labute approximate surface area is 153 Å². The third kappa shape index (κ3) is 3.25. The van der Waals surface area contributed by atoms with E-state index in [-0.39, 0.29) is 23.1 Å². The summed E-state index contributed by atoms with van der Waals surface area (Å²) in [5, 5.41) is 9.17. The van der Waals surface area contributed by atoms with E-state index in [0.717, 1.165) is 11.0 Å². The molecule has 0 aliphatic rings. The van der Waals surface area contributed by atoms with Gasteiger partial charge in [0.15, 0.2) is 5.82 Å². The van der Waals surface area contributed by atoms with Crippen LogP contribution in [0.2, 0.25) is 0 Å². The van der Waals surface area contributed by atoms with E-state index in [1.54, 1.807) is 24.3 Å². The van der Waals surface area contributed by atoms with Crippen molar-refractivity contribution < 1.29 is 19.4 Å². The summed E-state index contributed by atoms with van der Waals surface area (Å²) in [6.07, 6.45) is 1.45. The molecule has 0 saturated heterocycles. The molecule has 4 rings (SSSR count). The van der Waals surface area contributed by atoms with Crippen LogP contribution >= 0.6 is 0 Å². The van der Waals surface area contributed by atoms with E-state index >= 15 is 0 Å². The molecule has 2 aromatic heterocycles. The normalized spacial score (nSPS) is 10.7. The number of ketones is 1. The fourth-order valence-corrected chi connectivity index (χ4v) is 2.62. The molecule has 0 atom stereocenters. The zero-order chi connectivity index (χ0) is 18.8. The zero-order valence-electron chi connectivity index (χ0n) is 13.9. The van der Waals surface area contributed by atoms with Crippen molar-refractivity contribution in [1.82, 2.24) is 15.0 Å². The lowest BCUT2D eigenvalue weighted by molar-refractivity contribution is 0.0693. The Kier molecular flexibility index (Phi) is 4.10. The van der Waals surface area contributed by atoms with Gasteiger partial charge >= 0.3 is 5.97 Å². The number of fused-ring (bicyclic) bond motifs is 1. The summed E-state index contributed by atoms with van der Waals surface area (Å²) in [7, 11) is 0. The first-order valence-corrected chi connectivity index (χ1v) is 8.07. The number of carboxylic acids is 1. The van der Waals surface area contributed by atoms with Gasteiger partial charge < -0.3 is 14.8 Å². The Hall–Kier alpha value is -4.00. The molecule has 0 saturated carbocycles. The van der Waals surface area contributed by atoms with Crippen LogP contribution in [0.25, 0.3) is 11.0 Å². The minimum absolute atomic E-state index is 0.0126. The number of aromatic amines is 1. The van der Waals surface area contributed by atoms with Crippen LogP contribution in [-0.4, -0.2) is 31.8 Å². The summed E-state index contributed by atoms with van der Waals surface area (Å²) >= 11 is 0. The lowest BCUT2D eigenvalue weighted by atomic mass is 10.1. The van der Waals surface area contributed by atoms with Gasteiger partial charge in [-0.05, 0) is 48.5 Å². The standard InChI is InChI=1S/C20H13N3O4/c24-17(18-22-15-5-1-2-6-16(15)23-18)12-7-9-13(10-8-12)27-19-14(20(25)26)4-3-11-21-19/h1-11H,(H,22,23)(H,25,26). The van der Waals surface area contributed by atoms with Crippen LogP contribution in [0.1, 0.15) is 26.5 Å². The first-order valence-electron chi connectivity index (χ1n) is 8.07. The second-order valence-electron chi connectivity index (χ2n) is 5.72. The Morgan fingerprint density at radius 2 is 1.74 bits per heavy atom. The highest BCUT2D eigenvalue weighted by Crippen LogP contribution is 2.24. The average Bonchev–Trinajstić information content (AvgIpc) is 3.12. The molecule has 0 amide bonds. The van der Waals surface area contributed by atoms with Gasteiger partial charge in [0, 0.05) is 11.8 Å². The number of hydrogen-bond donors (Lipinski definition) is 2. The van der Waals surface area contributed by atoms with E-state index in [2.05, 4.69) is 15.0 Å². The van der Waals surface area contributed by atoms with Gasteiger partial charge in [-0.2, -0.15) is 0 Å². The number of hydrogen-bond acceptors (Lipinski definition) is 5. The number of ether oxygens (including phenoxy) is 1. The molecule has 2 aromatic carbocycles. The summed E-state index contributed by atoms with van der Waals surface area (Å²) in [6.45, 7) is 0. The first kappa shape index (κ1) is 16.5. The number of carboxylic acid groups (broad SMARTS) is 1. The van der Waals surface area contributed by atoms with Crippen molar-refractivity contribution in [3.63, 3.8) is 0 Å². The molecule has 7 heteroatoms. The Balaban J connectivity index is 1.57. The number of para-hydroxylation sites is 2. The lowest BCUT2D eigenvalue weighted by Gasteiger charge is -2.07. The van der Waals surface area contributed by atoms with E-state index in [4.69, 9.17) is 4.74 Å². The summed E-state index contributed by atoms with van der Waals surface area (Å²) in [5.74, 6) is -0.766. The quantitative estimate of drug-likeness (QED) is 0.527. The number of carbonyl (C=O) groups is 2. The van der Waals surface area contributed by atoms with Crippen LogP contribution in [0.3, 0.4) is 0 Å². The monoisotopic (exact) mass is 359 g/mol. The minimum atomic E-state index is -1.13. The van der Waals surface area contributed by atoms with Crippen molar-refractivity contribution in [2.45, 2.75) is 0 Å². The van der Waals surface area contributed by atoms with Crippen molar-refractivity contribution in [3.05, 3.63) is 83.8 Å². The molecule has 4 aromatic rings. The molecule has 7 nitrogen and oxygen atoms in total. The van der Waals surface area contributed by atoms with Gasteiger partial charge in [-0.15, -0.1) is 0 Å². The molecular weight excluding hydrogens is 346 g/mol. The van der Waals surface area contributed by atoms with Crippen molar-refractivity contribution >= 4 is 22.8 Å². The topological polar surface area (TPSA) is 105 Å². The molecule has 132 valence electrons. The number of carbonyl (C=O) groups excluding carboxylic acids is 1. The SMILES string of the molecule is O=C(c1ccc(Oc2ncccc2C(=O)O)cc1)c1nc2ccccc2[nH]1. The van der Waals surface area contributed by atoms with Gasteiger partial charge in [-0.3, -0.25) is 4.79 Å². The smallest absolute Gasteiger partial charge is 0.341 e. The third-order valence-corrected chi connectivity index (χ3v) is 3.94. The predicted molar refractivity (Wildman–Crippen MR) is 97.2 cm³/mol. The molecular formula is C20H13N3O4. The maximum Gasteiger partial charge on any atom is 0.341 e. The lowest BCUT2D eigenvalue weighted by Crippen LogP contribution is -2.04. The van der Waals surface area contributed by atoms with E-state index in [1.807, 2.05) is 24.3 Å². The van der Waals surface area contributed by atoms with E-state index < -0.39 is 5.97 Å². The molecule has 0 aliphatic carbocycles. The molecule has 0 bridgehead atoms. The summed E-state index contributed by atoms with van der Waals surface area (Å²) in [6, 6.07) is 16.7. The molecule has 0 unspecified atom stereocenters. The Morgan fingerprint density at radius 1 is 0.963 bits per heavy atom. The minimum Gasteiger partial charge on any atom is -0.477 e. The van der Waals surface area contributed by atoms with Gasteiger partial charge in [0.2, 0.25) is 11.7 Å². The molecule has 2 heterocycles. The maximum atomic E-state index is 12.6. The molecule has 0 radical (unpaired) electrons. The molecule has 0 fully saturated rings.